The van der Waals surface area contributed by atoms with Crippen LogP contribution in [0.3, 0.4) is 0 Å². The summed E-state index contributed by atoms with van der Waals surface area (Å²) in [4.78, 5) is 20.8. The van der Waals surface area contributed by atoms with Gasteiger partial charge in [-0.25, -0.2) is 4.98 Å². The van der Waals surface area contributed by atoms with Crippen molar-refractivity contribution in [3.63, 3.8) is 0 Å². The van der Waals surface area contributed by atoms with Crippen LogP contribution in [0.15, 0.2) is 54.2 Å². The molecule has 4 rings (SSSR count). The molecular formula is C19H18N4O2S. The molecule has 1 amide bonds. The maximum Gasteiger partial charge on any atom is 0.229 e. The van der Waals surface area contributed by atoms with Crippen LogP contribution in [0.25, 0.3) is 11.3 Å². The Morgan fingerprint density at radius 3 is 2.81 bits per heavy atom. The second-order valence-corrected chi connectivity index (χ2v) is 6.89. The second-order valence-electron chi connectivity index (χ2n) is 6.03. The van der Waals surface area contributed by atoms with Crippen molar-refractivity contribution in [1.29, 1.82) is 0 Å². The first-order chi connectivity index (χ1) is 12.8. The maximum atomic E-state index is 12.1. The summed E-state index contributed by atoms with van der Waals surface area (Å²) in [6, 6.07) is 11.5. The highest BCUT2D eigenvalue weighted by atomic mass is 32.1. The van der Waals surface area contributed by atoms with Crippen LogP contribution >= 0.6 is 11.3 Å². The first-order valence-corrected chi connectivity index (χ1v) is 9.27. The molecule has 0 radical (unpaired) electrons. The fourth-order valence-corrected chi connectivity index (χ4v) is 3.47. The molecule has 0 aliphatic carbocycles. The molecule has 1 aliphatic heterocycles. The van der Waals surface area contributed by atoms with Crippen molar-refractivity contribution in [2.75, 3.05) is 23.8 Å². The van der Waals surface area contributed by atoms with Crippen molar-refractivity contribution < 1.29 is 9.53 Å². The number of rotatable bonds is 5. The Morgan fingerprint density at radius 2 is 2.08 bits per heavy atom. The number of hydrogen-bond acceptors (Lipinski definition) is 6. The molecular weight excluding hydrogens is 348 g/mol. The summed E-state index contributed by atoms with van der Waals surface area (Å²) in [6.45, 7) is 1.17. The van der Waals surface area contributed by atoms with Gasteiger partial charge in [0.2, 0.25) is 5.91 Å². The molecule has 1 aliphatic rings. The Kier molecular flexibility index (Phi) is 4.90. The van der Waals surface area contributed by atoms with E-state index in [-0.39, 0.29) is 11.8 Å². The van der Waals surface area contributed by atoms with Gasteiger partial charge >= 0.3 is 0 Å². The summed E-state index contributed by atoms with van der Waals surface area (Å²) in [7, 11) is 0. The smallest absolute Gasteiger partial charge is 0.229 e. The van der Waals surface area contributed by atoms with Gasteiger partial charge in [-0.2, -0.15) is 0 Å². The lowest BCUT2D eigenvalue weighted by molar-refractivity contribution is -0.119. The van der Waals surface area contributed by atoms with E-state index in [1.165, 1.54) is 11.3 Å². The molecule has 3 aromatic rings. The number of thiazole rings is 1. The fourth-order valence-electron chi connectivity index (χ4n) is 2.73. The number of pyridine rings is 1. The number of ether oxygens (including phenoxy) is 1. The molecule has 2 N–H and O–H groups in total. The SMILES string of the molecule is O=C(Nc1ccc(-c2csc(Nc3cccnc3)n2)cc1)[C@H]1CCOC1. The van der Waals surface area contributed by atoms with Gasteiger partial charge in [0.1, 0.15) is 0 Å². The van der Waals surface area contributed by atoms with E-state index in [0.29, 0.717) is 13.2 Å². The number of carbonyl (C=O) groups is 1. The molecule has 0 unspecified atom stereocenters. The zero-order chi connectivity index (χ0) is 17.8. The predicted octanol–water partition coefficient (Wildman–Crippen LogP) is 3.92. The summed E-state index contributed by atoms with van der Waals surface area (Å²) in [6.07, 6.45) is 4.28. The number of anilines is 3. The van der Waals surface area contributed by atoms with Crippen LogP contribution in [0.5, 0.6) is 0 Å². The van der Waals surface area contributed by atoms with Gasteiger partial charge in [-0.3, -0.25) is 9.78 Å². The van der Waals surface area contributed by atoms with Crippen LogP contribution in [0.4, 0.5) is 16.5 Å². The van der Waals surface area contributed by atoms with Crippen molar-refractivity contribution in [1.82, 2.24) is 9.97 Å². The summed E-state index contributed by atoms with van der Waals surface area (Å²) in [5.41, 5.74) is 3.59. The van der Waals surface area contributed by atoms with Gasteiger partial charge in [0.15, 0.2) is 5.13 Å². The number of aromatic nitrogens is 2. The number of nitrogens with zero attached hydrogens (tertiary/aromatic N) is 2. The molecule has 2 aromatic heterocycles. The highest BCUT2D eigenvalue weighted by molar-refractivity contribution is 7.14. The molecule has 1 atom stereocenters. The van der Waals surface area contributed by atoms with Crippen molar-refractivity contribution in [3.8, 4) is 11.3 Å². The van der Waals surface area contributed by atoms with Gasteiger partial charge < -0.3 is 15.4 Å². The van der Waals surface area contributed by atoms with Gasteiger partial charge in [0.05, 0.1) is 30.1 Å². The maximum absolute atomic E-state index is 12.1. The van der Waals surface area contributed by atoms with Crippen molar-refractivity contribution in [2.45, 2.75) is 6.42 Å². The molecule has 132 valence electrons. The predicted molar refractivity (Wildman–Crippen MR) is 103 cm³/mol. The fraction of sp³-hybridized carbons (Fsp3) is 0.211. The largest absolute Gasteiger partial charge is 0.381 e. The molecule has 1 saturated heterocycles. The van der Waals surface area contributed by atoms with E-state index in [9.17, 15) is 4.79 Å². The van der Waals surface area contributed by atoms with E-state index in [2.05, 4.69) is 20.6 Å². The third kappa shape index (κ3) is 3.89. The summed E-state index contributed by atoms with van der Waals surface area (Å²) >= 11 is 1.54. The van der Waals surface area contributed by atoms with Crippen molar-refractivity contribution >= 4 is 33.8 Å². The van der Waals surface area contributed by atoms with Crippen LogP contribution in [-0.4, -0.2) is 29.1 Å². The van der Waals surface area contributed by atoms with Crippen LogP contribution in [0.2, 0.25) is 0 Å². The van der Waals surface area contributed by atoms with E-state index in [1.54, 1.807) is 12.4 Å². The molecule has 6 nitrogen and oxygen atoms in total. The lowest BCUT2D eigenvalue weighted by atomic mass is 10.1. The minimum absolute atomic E-state index is 0.0202. The summed E-state index contributed by atoms with van der Waals surface area (Å²) in [5.74, 6) is -0.0267. The molecule has 7 heteroatoms. The monoisotopic (exact) mass is 366 g/mol. The average molecular weight is 366 g/mol. The molecule has 1 aromatic carbocycles. The Bertz CT molecular complexity index is 874. The number of benzene rings is 1. The second kappa shape index (κ2) is 7.63. The minimum atomic E-state index is -0.0469. The number of nitrogens with one attached hydrogen (secondary N) is 2. The lowest BCUT2D eigenvalue weighted by Gasteiger charge is -2.09. The normalized spacial score (nSPS) is 16.4. The Balaban J connectivity index is 1.41. The third-order valence-corrected chi connectivity index (χ3v) is 4.92. The Labute approximate surface area is 155 Å². The van der Waals surface area contributed by atoms with Gasteiger partial charge in [0.25, 0.3) is 0 Å². The Hall–Kier alpha value is -2.77. The topological polar surface area (TPSA) is 76.1 Å². The molecule has 1 fully saturated rings. The zero-order valence-electron chi connectivity index (χ0n) is 14.0. The van der Waals surface area contributed by atoms with Crippen LogP contribution in [0, 0.1) is 5.92 Å². The summed E-state index contributed by atoms with van der Waals surface area (Å²) in [5, 5.41) is 9.00. The van der Waals surface area contributed by atoms with Gasteiger partial charge in [-0.15, -0.1) is 11.3 Å². The lowest BCUT2D eigenvalue weighted by Crippen LogP contribution is -2.22. The van der Waals surface area contributed by atoms with Crippen LogP contribution in [-0.2, 0) is 9.53 Å². The number of hydrogen-bond donors (Lipinski definition) is 2. The standard InChI is InChI=1S/C19H18N4O2S/c24-18(14-7-9-25-11-14)21-15-5-3-13(4-6-15)17-12-26-19(23-17)22-16-2-1-8-20-10-16/h1-6,8,10,12,14H,7,9,11H2,(H,21,24)(H,22,23)/t14-/m0/s1. The quantitative estimate of drug-likeness (QED) is 0.716. The minimum Gasteiger partial charge on any atom is -0.381 e. The highest BCUT2D eigenvalue weighted by Crippen LogP contribution is 2.28. The van der Waals surface area contributed by atoms with E-state index < -0.39 is 0 Å². The molecule has 0 saturated carbocycles. The molecule has 26 heavy (non-hydrogen) atoms. The first-order valence-electron chi connectivity index (χ1n) is 8.39. The van der Waals surface area contributed by atoms with Gasteiger partial charge in [-0.1, -0.05) is 12.1 Å². The van der Waals surface area contributed by atoms with Gasteiger partial charge in [0, 0.05) is 29.4 Å². The van der Waals surface area contributed by atoms with Crippen LogP contribution in [0.1, 0.15) is 6.42 Å². The van der Waals surface area contributed by atoms with Crippen molar-refractivity contribution in [3.05, 3.63) is 54.2 Å². The number of carbonyl (C=O) groups excluding carboxylic acids is 1. The first kappa shape index (κ1) is 16.7. The molecule has 3 heterocycles. The number of amides is 1. The third-order valence-electron chi connectivity index (χ3n) is 4.17. The summed E-state index contributed by atoms with van der Waals surface area (Å²) < 4.78 is 5.26. The van der Waals surface area contributed by atoms with Gasteiger partial charge in [-0.05, 0) is 30.7 Å². The van der Waals surface area contributed by atoms with Crippen LogP contribution < -0.4 is 10.6 Å². The van der Waals surface area contributed by atoms with E-state index in [4.69, 9.17) is 4.74 Å². The highest BCUT2D eigenvalue weighted by Gasteiger charge is 2.23. The molecule has 0 bridgehead atoms. The van der Waals surface area contributed by atoms with E-state index in [1.807, 2.05) is 41.8 Å². The molecule has 0 spiro atoms. The van der Waals surface area contributed by atoms with E-state index >= 15 is 0 Å². The zero-order valence-corrected chi connectivity index (χ0v) is 14.8. The Morgan fingerprint density at radius 1 is 1.19 bits per heavy atom. The average Bonchev–Trinajstić information content (AvgIpc) is 3.35. The van der Waals surface area contributed by atoms with E-state index in [0.717, 1.165) is 34.2 Å². The van der Waals surface area contributed by atoms with Crippen molar-refractivity contribution in [2.24, 2.45) is 5.92 Å².